The smallest absolute Gasteiger partial charge is 0.00926 e. The van der Waals surface area contributed by atoms with Gasteiger partial charge in [0.15, 0.2) is 0 Å². The van der Waals surface area contributed by atoms with Crippen LogP contribution in [0.1, 0.15) is 0 Å². The van der Waals surface area contributed by atoms with E-state index < -0.39 is 0 Å². The average Bonchev–Trinajstić information content (AvgIpc) is 2.91. The van der Waals surface area contributed by atoms with E-state index in [0.717, 1.165) is 0 Å². The fourth-order valence-electron chi connectivity index (χ4n) is 6.05. The summed E-state index contributed by atoms with van der Waals surface area (Å²) >= 11 is 0. The molecule has 8 aromatic rings. The summed E-state index contributed by atoms with van der Waals surface area (Å²) in [5.74, 6) is 0. The van der Waals surface area contributed by atoms with Crippen LogP contribution in [-0.2, 0) is 0 Å². The molecule has 0 heteroatoms. The van der Waals surface area contributed by atoms with Crippen molar-refractivity contribution in [2.24, 2.45) is 0 Å². The van der Waals surface area contributed by atoms with Crippen molar-refractivity contribution in [1.82, 2.24) is 0 Å². The summed E-state index contributed by atoms with van der Waals surface area (Å²) in [5, 5.41) is 18.5. The molecule has 0 heterocycles. The summed E-state index contributed by atoms with van der Waals surface area (Å²) < 4.78 is 0. The number of hydrogen-bond acceptors (Lipinski definition) is 0. The van der Waals surface area contributed by atoms with Crippen LogP contribution in [0.3, 0.4) is 0 Å². The van der Waals surface area contributed by atoms with E-state index in [2.05, 4.69) is 121 Å². The molecular formula is C34H20. The van der Waals surface area contributed by atoms with Crippen LogP contribution in [0.15, 0.2) is 121 Å². The van der Waals surface area contributed by atoms with Crippen molar-refractivity contribution in [3.05, 3.63) is 121 Å². The third kappa shape index (κ3) is 2.32. The first kappa shape index (κ1) is 18.1. The van der Waals surface area contributed by atoms with Crippen molar-refractivity contribution < 1.29 is 0 Å². The molecule has 0 aliphatic carbocycles. The first-order valence-corrected chi connectivity index (χ1v) is 11.9. The van der Waals surface area contributed by atoms with Gasteiger partial charge in [0.25, 0.3) is 0 Å². The van der Waals surface area contributed by atoms with Gasteiger partial charge in [0, 0.05) is 0 Å². The Bertz CT molecular complexity index is 1810. The lowest BCUT2D eigenvalue weighted by atomic mass is 9.89. The summed E-state index contributed by atoms with van der Waals surface area (Å²) in [7, 11) is 0. The zero-order chi connectivity index (χ0) is 22.2. The molecule has 0 saturated carbocycles. The monoisotopic (exact) mass is 428 g/mol. The van der Waals surface area contributed by atoms with Gasteiger partial charge in [-0.2, -0.15) is 0 Å². The van der Waals surface area contributed by atoms with E-state index >= 15 is 0 Å². The molecule has 0 atom stereocenters. The Morgan fingerprint density at radius 1 is 0.206 bits per heavy atom. The third-order valence-electron chi connectivity index (χ3n) is 7.56. The second-order valence-corrected chi connectivity index (χ2v) is 9.33. The maximum Gasteiger partial charge on any atom is -0.00926 e. The van der Waals surface area contributed by atoms with E-state index in [1.807, 2.05) is 0 Å². The highest BCUT2D eigenvalue weighted by Crippen LogP contribution is 2.40. The van der Waals surface area contributed by atoms with Gasteiger partial charge in [0.05, 0.1) is 0 Å². The van der Waals surface area contributed by atoms with Crippen molar-refractivity contribution in [3.63, 3.8) is 0 Å². The molecule has 0 aromatic heterocycles. The van der Waals surface area contributed by atoms with Crippen LogP contribution in [-0.4, -0.2) is 0 Å². The van der Waals surface area contributed by atoms with Crippen molar-refractivity contribution in [2.75, 3.05) is 0 Å². The maximum atomic E-state index is 2.41. The highest BCUT2D eigenvalue weighted by Gasteiger charge is 2.12. The van der Waals surface area contributed by atoms with E-state index in [9.17, 15) is 0 Å². The summed E-state index contributed by atoms with van der Waals surface area (Å²) in [6, 6.07) is 44.9. The van der Waals surface area contributed by atoms with Gasteiger partial charge in [-0.05, 0) is 99.7 Å². The van der Waals surface area contributed by atoms with Gasteiger partial charge in [-0.1, -0.05) is 97.1 Å². The molecule has 0 N–H and O–H groups in total. The molecule has 8 rings (SSSR count). The summed E-state index contributed by atoms with van der Waals surface area (Å²) in [4.78, 5) is 0. The van der Waals surface area contributed by atoms with Crippen LogP contribution >= 0.6 is 0 Å². The van der Waals surface area contributed by atoms with Gasteiger partial charge < -0.3 is 0 Å². The van der Waals surface area contributed by atoms with Gasteiger partial charge in [-0.3, -0.25) is 0 Å². The first-order chi connectivity index (χ1) is 16.9. The van der Waals surface area contributed by atoms with Crippen LogP contribution < -0.4 is 0 Å². The average molecular weight is 429 g/mol. The molecule has 0 unspecified atom stereocenters. The molecule has 0 bridgehead atoms. The molecule has 0 aliphatic rings. The second-order valence-electron chi connectivity index (χ2n) is 9.33. The SMILES string of the molecule is c1ccc2c(c1)c1ccccc1c1cc3cc4c5ccccc5c5ccccc5c4cc3cc21. The Morgan fingerprint density at radius 2 is 0.382 bits per heavy atom. The zero-order valence-electron chi connectivity index (χ0n) is 18.5. The molecule has 0 spiro atoms. The molecule has 0 saturated heterocycles. The number of benzene rings is 8. The molecule has 0 radical (unpaired) electrons. The highest BCUT2D eigenvalue weighted by atomic mass is 14.2. The third-order valence-corrected chi connectivity index (χ3v) is 7.56. The molecule has 8 aromatic carbocycles. The van der Waals surface area contributed by atoms with Crippen molar-refractivity contribution in [3.8, 4) is 0 Å². The van der Waals surface area contributed by atoms with Crippen LogP contribution in [0, 0.1) is 0 Å². The first-order valence-electron chi connectivity index (χ1n) is 11.9. The van der Waals surface area contributed by atoms with E-state index in [1.54, 1.807) is 0 Å². The largest absolute Gasteiger partial charge is 0.0616 e. The Kier molecular flexibility index (Phi) is 3.48. The van der Waals surface area contributed by atoms with Crippen molar-refractivity contribution in [2.45, 2.75) is 0 Å². The van der Waals surface area contributed by atoms with E-state index in [1.165, 1.54) is 75.4 Å². The molecule has 0 aliphatic heterocycles. The number of rotatable bonds is 0. The lowest BCUT2D eigenvalue weighted by molar-refractivity contribution is 1.78. The van der Waals surface area contributed by atoms with Gasteiger partial charge in [-0.25, -0.2) is 0 Å². The number of hydrogen-bond donors (Lipinski definition) is 0. The lowest BCUT2D eigenvalue weighted by Gasteiger charge is -2.14. The normalized spacial score (nSPS) is 12.1. The van der Waals surface area contributed by atoms with Crippen LogP contribution in [0.5, 0.6) is 0 Å². The van der Waals surface area contributed by atoms with Gasteiger partial charge in [0.1, 0.15) is 0 Å². The molecule has 0 amide bonds. The highest BCUT2D eigenvalue weighted by molar-refractivity contribution is 6.30. The predicted molar refractivity (Wildman–Crippen MR) is 149 cm³/mol. The minimum atomic E-state index is 1.29. The fraction of sp³-hybridized carbons (Fsp3) is 0. The van der Waals surface area contributed by atoms with E-state index in [0.29, 0.717) is 0 Å². The lowest BCUT2D eigenvalue weighted by Crippen LogP contribution is -1.86. The van der Waals surface area contributed by atoms with Gasteiger partial charge in [0.2, 0.25) is 0 Å². The Balaban J connectivity index is 1.63. The minimum absolute atomic E-state index is 1.29. The number of fused-ring (bicyclic) bond motifs is 13. The molecular weight excluding hydrogens is 408 g/mol. The molecule has 34 heavy (non-hydrogen) atoms. The standard InChI is InChI=1S/C34H20/c1-5-13-27-23(9-1)24-10-2-6-14-28(24)32-18-22-20-34-30-16-8-4-12-26(30)25-11-3-7-15-29(25)33(34)19-21(22)17-31(27)32/h1-20H. The molecule has 0 nitrogen and oxygen atoms in total. The summed E-state index contributed by atoms with van der Waals surface area (Å²) in [5.41, 5.74) is 0. The van der Waals surface area contributed by atoms with Crippen LogP contribution in [0.2, 0.25) is 0 Å². The summed E-state index contributed by atoms with van der Waals surface area (Å²) in [6.45, 7) is 0. The van der Waals surface area contributed by atoms with E-state index in [-0.39, 0.29) is 0 Å². The van der Waals surface area contributed by atoms with Gasteiger partial charge in [-0.15, -0.1) is 0 Å². The van der Waals surface area contributed by atoms with Crippen molar-refractivity contribution >= 4 is 75.4 Å². The fourth-order valence-corrected chi connectivity index (χ4v) is 6.05. The Hall–Kier alpha value is -4.42. The summed E-state index contributed by atoms with van der Waals surface area (Å²) in [6.07, 6.45) is 0. The zero-order valence-corrected chi connectivity index (χ0v) is 18.5. The molecule has 156 valence electrons. The topological polar surface area (TPSA) is 0 Å². The van der Waals surface area contributed by atoms with E-state index in [4.69, 9.17) is 0 Å². The van der Waals surface area contributed by atoms with Gasteiger partial charge >= 0.3 is 0 Å². The van der Waals surface area contributed by atoms with Crippen LogP contribution in [0.25, 0.3) is 75.4 Å². The second kappa shape index (κ2) is 6.56. The predicted octanol–water partition coefficient (Wildman–Crippen LogP) is 9.76. The Morgan fingerprint density at radius 3 is 0.588 bits per heavy atom. The van der Waals surface area contributed by atoms with Crippen LogP contribution in [0.4, 0.5) is 0 Å². The maximum absolute atomic E-state index is 2.41. The molecule has 0 fully saturated rings. The minimum Gasteiger partial charge on any atom is -0.0616 e. The quantitative estimate of drug-likeness (QED) is 0.166. The Labute approximate surface area is 196 Å². The van der Waals surface area contributed by atoms with Crippen molar-refractivity contribution in [1.29, 1.82) is 0 Å².